The second-order valence-electron chi connectivity index (χ2n) is 6.25. The number of thiazole rings is 1. The highest BCUT2D eigenvalue weighted by Crippen LogP contribution is 2.33. The van der Waals surface area contributed by atoms with Gasteiger partial charge in [-0.1, -0.05) is 23.8 Å². The molecule has 0 spiro atoms. The molecule has 0 bridgehead atoms. The lowest BCUT2D eigenvalue weighted by molar-refractivity contribution is 1.03. The minimum Gasteiger partial charge on any atom is -0.299 e. The molecule has 0 atom stereocenters. The molecule has 4 heteroatoms. The predicted molar refractivity (Wildman–Crippen MR) is 101 cm³/mol. The van der Waals surface area contributed by atoms with E-state index in [2.05, 4.69) is 67.6 Å². The number of nitrogens with zero attached hydrogens (tertiary/aromatic N) is 3. The molecule has 0 aliphatic carbocycles. The minimum atomic E-state index is 0.945. The SMILES string of the molecule is Cc1cc(C)c(-n2ccnc2-c2cccc3sc(C)nc23)c(C)c1. The van der Waals surface area contributed by atoms with Crippen LogP contribution >= 0.6 is 11.3 Å². The number of rotatable bonds is 2. The van der Waals surface area contributed by atoms with E-state index in [1.54, 1.807) is 11.3 Å². The Hall–Kier alpha value is -2.46. The van der Waals surface area contributed by atoms with Gasteiger partial charge in [0.05, 0.1) is 20.9 Å². The highest BCUT2D eigenvalue weighted by atomic mass is 32.1. The number of benzene rings is 2. The van der Waals surface area contributed by atoms with Crippen LogP contribution in [0.25, 0.3) is 27.3 Å². The predicted octanol–water partition coefficient (Wildman–Crippen LogP) is 5.38. The zero-order chi connectivity index (χ0) is 16.8. The summed E-state index contributed by atoms with van der Waals surface area (Å²) in [5.74, 6) is 0.945. The van der Waals surface area contributed by atoms with Crippen molar-refractivity contribution < 1.29 is 0 Å². The number of para-hydroxylation sites is 1. The number of hydrogen-bond acceptors (Lipinski definition) is 3. The van der Waals surface area contributed by atoms with Crippen LogP contribution in [0.4, 0.5) is 0 Å². The van der Waals surface area contributed by atoms with E-state index in [-0.39, 0.29) is 0 Å². The lowest BCUT2D eigenvalue weighted by Crippen LogP contribution is -2.02. The van der Waals surface area contributed by atoms with Crippen LogP contribution in [-0.4, -0.2) is 14.5 Å². The molecule has 0 N–H and O–H groups in total. The fourth-order valence-electron chi connectivity index (χ4n) is 3.48. The molecule has 2 aromatic carbocycles. The number of aryl methyl sites for hydroxylation is 4. The molecule has 0 amide bonds. The summed E-state index contributed by atoms with van der Waals surface area (Å²) in [6, 6.07) is 10.8. The molecule has 24 heavy (non-hydrogen) atoms. The van der Waals surface area contributed by atoms with Gasteiger partial charge in [-0.15, -0.1) is 11.3 Å². The molecule has 0 saturated heterocycles. The summed E-state index contributed by atoms with van der Waals surface area (Å²) >= 11 is 1.73. The van der Waals surface area contributed by atoms with E-state index in [9.17, 15) is 0 Å². The summed E-state index contributed by atoms with van der Waals surface area (Å²) in [5, 5.41) is 1.08. The molecule has 4 rings (SSSR count). The number of fused-ring (bicyclic) bond motifs is 1. The molecule has 2 aromatic heterocycles. The van der Waals surface area contributed by atoms with Crippen molar-refractivity contribution in [3.8, 4) is 17.1 Å². The maximum Gasteiger partial charge on any atom is 0.146 e. The molecular formula is C20H19N3S. The highest BCUT2D eigenvalue weighted by molar-refractivity contribution is 7.18. The monoisotopic (exact) mass is 333 g/mol. The van der Waals surface area contributed by atoms with Gasteiger partial charge in [0.2, 0.25) is 0 Å². The van der Waals surface area contributed by atoms with Crippen LogP contribution in [0.2, 0.25) is 0 Å². The lowest BCUT2D eigenvalue weighted by atomic mass is 10.0. The third-order valence-corrected chi connectivity index (χ3v) is 5.22. The fraction of sp³-hybridized carbons (Fsp3) is 0.200. The summed E-state index contributed by atoms with van der Waals surface area (Å²) in [5.41, 5.74) is 7.13. The van der Waals surface area contributed by atoms with Crippen molar-refractivity contribution in [3.05, 3.63) is 64.4 Å². The number of hydrogen-bond donors (Lipinski definition) is 0. The summed E-state index contributed by atoms with van der Waals surface area (Å²) < 4.78 is 3.39. The van der Waals surface area contributed by atoms with Crippen molar-refractivity contribution in [2.75, 3.05) is 0 Å². The average Bonchev–Trinajstić information content (AvgIpc) is 3.11. The average molecular weight is 333 g/mol. The molecule has 0 aliphatic rings. The van der Waals surface area contributed by atoms with E-state index in [0.717, 1.165) is 21.9 Å². The van der Waals surface area contributed by atoms with Gasteiger partial charge in [-0.3, -0.25) is 4.57 Å². The van der Waals surface area contributed by atoms with Crippen molar-refractivity contribution >= 4 is 21.6 Å². The summed E-state index contributed by atoms with van der Waals surface area (Å²) in [6.07, 6.45) is 3.91. The first-order valence-electron chi connectivity index (χ1n) is 8.02. The molecular weight excluding hydrogens is 314 g/mol. The largest absolute Gasteiger partial charge is 0.299 e. The zero-order valence-electron chi connectivity index (χ0n) is 14.3. The Morgan fingerprint density at radius 1 is 1.00 bits per heavy atom. The molecule has 3 nitrogen and oxygen atoms in total. The Morgan fingerprint density at radius 2 is 1.75 bits per heavy atom. The van der Waals surface area contributed by atoms with Crippen LogP contribution < -0.4 is 0 Å². The smallest absolute Gasteiger partial charge is 0.146 e. The maximum atomic E-state index is 4.73. The standard InChI is InChI=1S/C20H19N3S/c1-12-10-13(2)19(14(3)11-12)23-9-8-21-20(23)16-6-5-7-17-18(16)22-15(4)24-17/h5-11H,1-4H3. The van der Waals surface area contributed by atoms with Crippen LogP contribution in [-0.2, 0) is 0 Å². The van der Waals surface area contributed by atoms with Crippen molar-refractivity contribution in [2.45, 2.75) is 27.7 Å². The maximum absolute atomic E-state index is 4.73. The van der Waals surface area contributed by atoms with Gasteiger partial charge >= 0.3 is 0 Å². The topological polar surface area (TPSA) is 30.7 Å². The molecule has 0 unspecified atom stereocenters. The van der Waals surface area contributed by atoms with E-state index >= 15 is 0 Å². The molecule has 0 fully saturated rings. The third-order valence-electron chi connectivity index (χ3n) is 4.28. The van der Waals surface area contributed by atoms with Crippen LogP contribution in [0, 0.1) is 27.7 Å². The van der Waals surface area contributed by atoms with Crippen LogP contribution in [0.3, 0.4) is 0 Å². The van der Waals surface area contributed by atoms with Crippen LogP contribution in [0.5, 0.6) is 0 Å². The molecule has 2 heterocycles. The van der Waals surface area contributed by atoms with E-state index in [1.165, 1.54) is 27.1 Å². The van der Waals surface area contributed by atoms with Crippen LogP contribution in [0.15, 0.2) is 42.7 Å². The first kappa shape index (κ1) is 15.1. The number of imidazole rings is 1. The van der Waals surface area contributed by atoms with Crippen molar-refractivity contribution in [2.24, 2.45) is 0 Å². The Bertz CT molecular complexity index is 1030. The molecule has 0 saturated carbocycles. The molecule has 120 valence electrons. The first-order chi connectivity index (χ1) is 11.5. The normalized spacial score (nSPS) is 11.3. The second kappa shape index (κ2) is 5.56. The Labute approximate surface area is 145 Å². The third kappa shape index (κ3) is 2.34. The van der Waals surface area contributed by atoms with Crippen LogP contribution in [0.1, 0.15) is 21.7 Å². The van der Waals surface area contributed by atoms with Gasteiger partial charge in [-0.25, -0.2) is 9.97 Å². The van der Waals surface area contributed by atoms with Gasteiger partial charge in [-0.2, -0.15) is 0 Å². The lowest BCUT2D eigenvalue weighted by Gasteiger charge is -2.15. The van der Waals surface area contributed by atoms with E-state index in [0.29, 0.717) is 0 Å². The Kier molecular flexibility index (Phi) is 3.50. The fourth-order valence-corrected chi connectivity index (χ4v) is 4.33. The molecule has 4 aromatic rings. The first-order valence-corrected chi connectivity index (χ1v) is 8.84. The van der Waals surface area contributed by atoms with Gasteiger partial charge in [0.15, 0.2) is 0 Å². The van der Waals surface area contributed by atoms with E-state index < -0.39 is 0 Å². The zero-order valence-corrected chi connectivity index (χ0v) is 15.1. The summed E-state index contributed by atoms with van der Waals surface area (Å²) in [6.45, 7) is 8.51. The van der Waals surface area contributed by atoms with Gasteiger partial charge in [0, 0.05) is 18.0 Å². The summed E-state index contributed by atoms with van der Waals surface area (Å²) in [7, 11) is 0. The van der Waals surface area contributed by atoms with Crippen molar-refractivity contribution in [3.63, 3.8) is 0 Å². The quantitative estimate of drug-likeness (QED) is 0.493. The molecule has 0 aliphatic heterocycles. The van der Waals surface area contributed by atoms with Crippen molar-refractivity contribution in [1.82, 2.24) is 14.5 Å². The van der Waals surface area contributed by atoms with Crippen molar-refractivity contribution in [1.29, 1.82) is 0 Å². The highest BCUT2D eigenvalue weighted by Gasteiger charge is 2.16. The Balaban J connectivity index is 1.99. The van der Waals surface area contributed by atoms with Gasteiger partial charge < -0.3 is 0 Å². The van der Waals surface area contributed by atoms with Gasteiger partial charge in [-0.05, 0) is 51.0 Å². The summed E-state index contributed by atoms with van der Waals surface area (Å²) in [4.78, 5) is 9.38. The van der Waals surface area contributed by atoms with Gasteiger partial charge in [0.25, 0.3) is 0 Å². The van der Waals surface area contributed by atoms with E-state index in [1.807, 2.05) is 12.4 Å². The Morgan fingerprint density at radius 3 is 2.50 bits per heavy atom. The van der Waals surface area contributed by atoms with Gasteiger partial charge in [0.1, 0.15) is 5.82 Å². The minimum absolute atomic E-state index is 0.945. The second-order valence-corrected chi connectivity index (χ2v) is 7.49. The van der Waals surface area contributed by atoms with E-state index in [4.69, 9.17) is 4.98 Å². The molecule has 0 radical (unpaired) electrons. The number of aromatic nitrogens is 3.